The molecule has 0 saturated carbocycles. The third kappa shape index (κ3) is 9.14. The first-order valence-electron chi connectivity index (χ1n) is 5.16. The lowest BCUT2D eigenvalue weighted by Crippen LogP contribution is -2.18. The van der Waals surface area contributed by atoms with Crippen molar-refractivity contribution in [1.29, 1.82) is 0 Å². The van der Waals surface area contributed by atoms with Crippen molar-refractivity contribution in [3.63, 3.8) is 0 Å². The lowest BCUT2D eigenvalue weighted by Gasteiger charge is -2.04. The lowest BCUT2D eigenvalue weighted by molar-refractivity contribution is -0.143. The number of amides is 1. The molecular weight excluding hydrogens is 210 g/mol. The van der Waals surface area contributed by atoms with Gasteiger partial charge in [-0.05, 0) is 20.4 Å². The molecule has 0 aromatic carbocycles. The number of esters is 1. The molecule has 0 radical (unpaired) electrons. The van der Waals surface area contributed by atoms with Crippen LogP contribution < -0.4 is 10.7 Å². The van der Waals surface area contributed by atoms with Crippen LogP contribution >= 0.6 is 0 Å². The van der Waals surface area contributed by atoms with Crippen molar-refractivity contribution in [2.75, 3.05) is 20.2 Å². The third-order valence-corrected chi connectivity index (χ3v) is 1.71. The number of carbonyl (C=O) groups excluding carboxylic acids is 2. The van der Waals surface area contributed by atoms with Crippen LogP contribution in [-0.4, -0.2) is 37.8 Å². The Morgan fingerprint density at radius 2 is 1.94 bits per heavy atom. The minimum absolute atomic E-state index is 0.226. The summed E-state index contributed by atoms with van der Waals surface area (Å²) in [6, 6.07) is 0. The molecular formula is C10H19N3O3. The van der Waals surface area contributed by atoms with E-state index < -0.39 is 0 Å². The minimum atomic E-state index is -0.257. The number of likely N-dealkylation sites (N-methyl/N-ethyl adjacent to an activating group) is 1. The van der Waals surface area contributed by atoms with Gasteiger partial charge in [-0.25, -0.2) is 5.43 Å². The van der Waals surface area contributed by atoms with Gasteiger partial charge in [-0.15, -0.1) is 0 Å². The number of nitrogens with zero attached hydrogens (tertiary/aromatic N) is 1. The van der Waals surface area contributed by atoms with Crippen LogP contribution in [0.25, 0.3) is 0 Å². The fourth-order valence-corrected chi connectivity index (χ4v) is 0.852. The predicted octanol–water partition coefficient (Wildman–Crippen LogP) is 0.0412. The maximum atomic E-state index is 11.2. The molecule has 0 fully saturated rings. The largest absolute Gasteiger partial charge is 0.464 e. The Balaban J connectivity index is 3.66. The van der Waals surface area contributed by atoms with Crippen molar-refractivity contribution in [3.05, 3.63) is 0 Å². The molecule has 0 saturated heterocycles. The van der Waals surface area contributed by atoms with Gasteiger partial charge in [0.2, 0.25) is 5.91 Å². The molecule has 0 aromatic rings. The van der Waals surface area contributed by atoms with Crippen LogP contribution in [0, 0.1) is 0 Å². The van der Waals surface area contributed by atoms with Crippen molar-refractivity contribution in [2.24, 2.45) is 5.10 Å². The molecule has 0 atom stereocenters. The molecule has 0 aliphatic rings. The highest BCUT2D eigenvalue weighted by molar-refractivity contribution is 5.86. The van der Waals surface area contributed by atoms with Crippen LogP contribution in [0.3, 0.4) is 0 Å². The fourth-order valence-electron chi connectivity index (χ4n) is 0.852. The zero-order valence-corrected chi connectivity index (χ0v) is 10.0. The number of hydrogen-bond acceptors (Lipinski definition) is 5. The molecule has 0 aromatic heterocycles. The second-order valence-corrected chi connectivity index (χ2v) is 3.34. The van der Waals surface area contributed by atoms with Gasteiger partial charge in [0.05, 0.1) is 6.42 Å². The van der Waals surface area contributed by atoms with E-state index in [0.29, 0.717) is 25.3 Å². The predicted molar refractivity (Wildman–Crippen MR) is 61.0 cm³/mol. The van der Waals surface area contributed by atoms with E-state index in [2.05, 4.69) is 15.8 Å². The van der Waals surface area contributed by atoms with E-state index in [-0.39, 0.29) is 18.3 Å². The Morgan fingerprint density at radius 3 is 2.50 bits per heavy atom. The highest BCUT2D eigenvalue weighted by Gasteiger charge is 2.03. The number of hydrazone groups is 1. The highest BCUT2D eigenvalue weighted by Crippen LogP contribution is 1.95. The Bertz CT molecular complexity index is 264. The van der Waals surface area contributed by atoms with Crippen molar-refractivity contribution in [2.45, 2.75) is 26.7 Å². The SMILES string of the molecule is CNCCOC(=O)CC/C(C)=N/NC(C)=O. The normalized spacial score (nSPS) is 11.1. The molecule has 1 amide bonds. The molecule has 6 heteroatoms. The zero-order chi connectivity index (χ0) is 12.4. The van der Waals surface area contributed by atoms with Gasteiger partial charge in [-0.1, -0.05) is 0 Å². The number of carbonyl (C=O) groups is 2. The zero-order valence-electron chi connectivity index (χ0n) is 10.0. The van der Waals surface area contributed by atoms with E-state index in [1.807, 2.05) is 0 Å². The number of ether oxygens (including phenoxy) is 1. The van der Waals surface area contributed by atoms with Crippen LogP contribution in [0.15, 0.2) is 5.10 Å². The number of rotatable bonds is 7. The van der Waals surface area contributed by atoms with Crippen molar-refractivity contribution in [1.82, 2.24) is 10.7 Å². The van der Waals surface area contributed by atoms with Crippen molar-refractivity contribution >= 4 is 17.6 Å². The van der Waals surface area contributed by atoms with Crippen LogP contribution in [0.4, 0.5) is 0 Å². The summed E-state index contributed by atoms with van der Waals surface area (Å²) < 4.78 is 4.91. The summed E-state index contributed by atoms with van der Waals surface area (Å²) in [5.74, 6) is -0.483. The highest BCUT2D eigenvalue weighted by atomic mass is 16.5. The molecule has 16 heavy (non-hydrogen) atoms. The number of nitrogens with one attached hydrogen (secondary N) is 2. The first-order chi connectivity index (χ1) is 7.56. The summed E-state index contributed by atoms with van der Waals surface area (Å²) in [4.78, 5) is 21.7. The topological polar surface area (TPSA) is 79.8 Å². The standard InChI is InChI=1S/C10H19N3O3/c1-8(12-13-9(2)14)4-5-10(15)16-7-6-11-3/h11H,4-7H2,1-3H3,(H,13,14)/b12-8+. The molecule has 0 spiro atoms. The molecule has 0 bridgehead atoms. The average molecular weight is 229 g/mol. The molecule has 0 rings (SSSR count). The molecule has 92 valence electrons. The van der Waals surface area contributed by atoms with Crippen LogP contribution in [0.5, 0.6) is 0 Å². The molecule has 0 heterocycles. The molecule has 0 aliphatic heterocycles. The fraction of sp³-hybridized carbons (Fsp3) is 0.700. The van der Waals surface area contributed by atoms with Gasteiger partial charge in [-0.2, -0.15) is 5.10 Å². The van der Waals surface area contributed by atoms with Gasteiger partial charge >= 0.3 is 5.97 Å². The summed E-state index contributed by atoms with van der Waals surface area (Å²) in [5.41, 5.74) is 3.00. The molecule has 6 nitrogen and oxygen atoms in total. The van der Waals surface area contributed by atoms with Gasteiger partial charge in [0.15, 0.2) is 0 Å². The quantitative estimate of drug-likeness (QED) is 0.279. The second-order valence-electron chi connectivity index (χ2n) is 3.34. The van der Waals surface area contributed by atoms with E-state index in [0.717, 1.165) is 0 Å². The van der Waals surface area contributed by atoms with Crippen molar-refractivity contribution < 1.29 is 14.3 Å². The summed E-state index contributed by atoms with van der Waals surface area (Å²) in [7, 11) is 1.79. The average Bonchev–Trinajstić information content (AvgIpc) is 2.24. The Labute approximate surface area is 95.4 Å². The van der Waals surface area contributed by atoms with Gasteiger partial charge in [0.1, 0.15) is 6.61 Å². The van der Waals surface area contributed by atoms with Crippen molar-refractivity contribution in [3.8, 4) is 0 Å². The maximum absolute atomic E-state index is 11.2. The van der Waals surface area contributed by atoms with E-state index >= 15 is 0 Å². The Hall–Kier alpha value is -1.43. The Morgan fingerprint density at radius 1 is 1.25 bits per heavy atom. The summed E-state index contributed by atoms with van der Waals surface area (Å²) in [6.45, 7) is 4.14. The third-order valence-electron chi connectivity index (χ3n) is 1.71. The van der Waals surface area contributed by atoms with E-state index in [1.54, 1.807) is 14.0 Å². The summed E-state index contributed by atoms with van der Waals surface area (Å²) in [5, 5.41) is 6.66. The van der Waals surface area contributed by atoms with Crippen LogP contribution in [-0.2, 0) is 14.3 Å². The first-order valence-corrected chi connectivity index (χ1v) is 5.16. The van der Waals surface area contributed by atoms with Gasteiger partial charge < -0.3 is 10.1 Å². The Kier molecular flexibility index (Phi) is 8.05. The monoisotopic (exact) mass is 229 g/mol. The maximum Gasteiger partial charge on any atom is 0.306 e. The van der Waals surface area contributed by atoms with Gasteiger partial charge in [0, 0.05) is 19.2 Å². The van der Waals surface area contributed by atoms with Gasteiger partial charge in [-0.3, -0.25) is 9.59 Å². The van der Waals surface area contributed by atoms with Crippen LogP contribution in [0.1, 0.15) is 26.7 Å². The molecule has 0 unspecified atom stereocenters. The molecule has 2 N–H and O–H groups in total. The summed E-state index contributed by atoms with van der Waals surface area (Å²) >= 11 is 0. The molecule has 0 aliphatic carbocycles. The van der Waals surface area contributed by atoms with E-state index in [1.165, 1.54) is 6.92 Å². The number of hydrogen-bond donors (Lipinski definition) is 2. The van der Waals surface area contributed by atoms with E-state index in [4.69, 9.17) is 4.74 Å². The smallest absolute Gasteiger partial charge is 0.306 e. The minimum Gasteiger partial charge on any atom is -0.464 e. The first kappa shape index (κ1) is 14.6. The summed E-state index contributed by atoms with van der Waals surface area (Å²) in [6.07, 6.45) is 0.761. The second kappa shape index (κ2) is 8.84. The lowest BCUT2D eigenvalue weighted by atomic mass is 10.2. The van der Waals surface area contributed by atoms with E-state index in [9.17, 15) is 9.59 Å². The van der Waals surface area contributed by atoms with Crippen LogP contribution in [0.2, 0.25) is 0 Å². The van der Waals surface area contributed by atoms with Gasteiger partial charge in [0.25, 0.3) is 0 Å².